The van der Waals surface area contributed by atoms with Crippen molar-refractivity contribution in [1.29, 1.82) is 0 Å². The quantitative estimate of drug-likeness (QED) is 0.228. The van der Waals surface area contributed by atoms with E-state index in [1.165, 1.54) is 73.0 Å². The third kappa shape index (κ3) is 8.04. The highest BCUT2D eigenvalue weighted by Gasteiger charge is 2.19. The second kappa shape index (κ2) is 14.1. The summed E-state index contributed by atoms with van der Waals surface area (Å²) in [6.07, 6.45) is 14.7. The van der Waals surface area contributed by atoms with E-state index in [2.05, 4.69) is 117 Å². The van der Waals surface area contributed by atoms with Crippen LogP contribution in [0.1, 0.15) is 68.6 Å². The number of hydrogen-bond acceptors (Lipinski definition) is 1. The minimum absolute atomic E-state index is 0.633. The fraction of sp³-hybridized carbons (Fsp3) is 0.389. The number of hydrogen-bond donors (Lipinski definition) is 0. The van der Waals surface area contributed by atoms with Gasteiger partial charge in [0.1, 0.15) is 0 Å². The van der Waals surface area contributed by atoms with Gasteiger partial charge in [-0.2, -0.15) is 0 Å². The predicted molar refractivity (Wildman–Crippen MR) is 162 cm³/mol. The number of rotatable bonds is 12. The molecule has 0 aliphatic heterocycles. The highest BCUT2D eigenvalue weighted by Crippen LogP contribution is 2.36. The molecule has 1 nitrogen and oxygen atoms in total. The molecule has 3 aromatic rings. The number of aryl methyl sites for hydroxylation is 1. The van der Waals surface area contributed by atoms with Crippen LogP contribution in [0.3, 0.4) is 0 Å². The molecule has 0 bridgehead atoms. The molecule has 4 rings (SSSR count). The van der Waals surface area contributed by atoms with Crippen molar-refractivity contribution >= 4 is 5.57 Å². The summed E-state index contributed by atoms with van der Waals surface area (Å²) in [5, 5.41) is 0. The Bertz CT molecular complexity index is 1150. The van der Waals surface area contributed by atoms with Crippen LogP contribution in [0.5, 0.6) is 0 Å². The molecule has 0 heterocycles. The molecule has 3 aromatic carbocycles. The highest BCUT2D eigenvalue weighted by atomic mass is 15.1. The number of unbranched alkanes of at least 4 members (excludes halogenated alkanes) is 2. The Morgan fingerprint density at radius 2 is 1.51 bits per heavy atom. The summed E-state index contributed by atoms with van der Waals surface area (Å²) < 4.78 is 0. The van der Waals surface area contributed by atoms with E-state index in [9.17, 15) is 0 Å². The Hall–Kier alpha value is -2.90. The largest absolute Gasteiger partial charge is 0.306 e. The molecule has 0 saturated heterocycles. The Balaban J connectivity index is 1.45. The Morgan fingerprint density at radius 3 is 2.27 bits per heavy atom. The van der Waals surface area contributed by atoms with Crippen LogP contribution in [-0.4, -0.2) is 25.0 Å². The number of allylic oxidation sites excluding steroid dienone is 4. The van der Waals surface area contributed by atoms with Crippen LogP contribution in [-0.2, 0) is 6.42 Å². The van der Waals surface area contributed by atoms with Gasteiger partial charge in [0.25, 0.3) is 0 Å². The third-order valence-electron chi connectivity index (χ3n) is 7.82. The van der Waals surface area contributed by atoms with Gasteiger partial charge in [0.05, 0.1) is 0 Å². The zero-order valence-corrected chi connectivity index (χ0v) is 23.3. The van der Waals surface area contributed by atoms with Gasteiger partial charge >= 0.3 is 0 Å². The van der Waals surface area contributed by atoms with Gasteiger partial charge in [0.2, 0.25) is 0 Å². The molecule has 1 unspecified atom stereocenters. The SMILES string of the molecule is CCCN(C)CCCCCC1=C(c2ccccc2C)CC(Cc2ccc(-c3ccccc3)cc2)CC=C1. The molecule has 0 radical (unpaired) electrons. The number of benzene rings is 3. The molecule has 37 heavy (non-hydrogen) atoms. The fourth-order valence-corrected chi connectivity index (χ4v) is 5.76. The van der Waals surface area contributed by atoms with Crippen LogP contribution in [0.4, 0.5) is 0 Å². The molecule has 1 aliphatic rings. The topological polar surface area (TPSA) is 3.24 Å². The molecular weight excluding hydrogens is 446 g/mol. The molecule has 0 fully saturated rings. The lowest BCUT2D eigenvalue weighted by Crippen LogP contribution is -2.20. The predicted octanol–water partition coefficient (Wildman–Crippen LogP) is 9.53. The molecule has 194 valence electrons. The zero-order chi connectivity index (χ0) is 25.9. The first-order valence-corrected chi connectivity index (χ1v) is 14.4. The maximum absolute atomic E-state index is 2.47. The molecule has 1 heteroatoms. The van der Waals surface area contributed by atoms with Gasteiger partial charge < -0.3 is 4.90 Å². The normalized spacial score (nSPS) is 15.8. The first-order valence-electron chi connectivity index (χ1n) is 14.4. The highest BCUT2D eigenvalue weighted by molar-refractivity contribution is 5.73. The average molecular weight is 492 g/mol. The van der Waals surface area contributed by atoms with Gasteiger partial charge in [-0.3, -0.25) is 0 Å². The van der Waals surface area contributed by atoms with Crippen molar-refractivity contribution in [3.63, 3.8) is 0 Å². The standard InChI is InChI=1S/C36H45N/c1-4-25-37(3)26-12-6-9-18-34-19-13-15-31(28-36(34)35-20-11-10-14-29(35)2)27-30-21-23-33(24-22-30)32-16-7-5-8-17-32/h5,7-8,10-11,13-14,16-17,19-24,31H,4,6,9,12,15,18,25-28H2,1-3H3. The molecule has 0 saturated carbocycles. The van der Waals surface area contributed by atoms with Crippen molar-refractivity contribution < 1.29 is 0 Å². The van der Waals surface area contributed by atoms with Crippen molar-refractivity contribution in [2.45, 2.75) is 65.2 Å². The lowest BCUT2D eigenvalue weighted by Gasteiger charge is -2.20. The lowest BCUT2D eigenvalue weighted by molar-refractivity contribution is 0.325. The molecule has 1 atom stereocenters. The summed E-state index contributed by atoms with van der Waals surface area (Å²) in [5.74, 6) is 0.633. The Morgan fingerprint density at radius 1 is 0.784 bits per heavy atom. The van der Waals surface area contributed by atoms with Crippen molar-refractivity contribution in [2.75, 3.05) is 20.1 Å². The minimum atomic E-state index is 0.633. The second-order valence-electron chi connectivity index (χ2n) is 10.9. The second-order valence-corrected chi connectivity index (χ2v) is 10.9. The van der Waals surface area contributed by atoms with Gasteiger partial charge in [0, 0.05) is 0 Å². The molecule has 1 aliphatic carbocycles. The van der Waals surface area contributed by atoms with Gasteiger partial charge in [-0.15, -0.1) is 0 Å². The van der Waals surface area contributed by atoms with Gasteiger partial charge in [-0.25, -0.2) is 0 Å². The van der Waals surface area contributed by atoms with Gasteiger partial charge in [-0.05, 0) is 117 Å². The van der Waals surface area contributed by atoms with Crippen molar-refractivity contribution in [2.24, 2.45) is 5.92 Å². The van der Waals surface area contributed by atoms with Crippen LogP contribution in [0, 0.1) is 12.8 Å². The van der Waals surface area contributed by atoms with Crippen molar-refractivity contribution in [1.82, 2.24) is 4.90 Å². The van der Waals surface area contributed by atoms with E-state index in [4.69, 9.17) is 0 Å². The molecule has 0 spiro atoms. The van der Waals surface area contributed by atoms with E-state index in [-0.39, 0.29) is 0 Å². The fourth-order valence-electron chi connectivity index (χ4n) is 5.76. The zero-order valence-electron chi connectivity index (χ0n) is 23.3. The van der Waals surface area contributed by atoms with E-state index in [1.807, 2.05) is 0 Å². The van der Waals surface area contributed by atoms with Gasteiger partial charge in [-0.1, -0.05) is 104 Å². The summed E-state index contributed by atoms with van der Waals surface area (Å²) in [4.78, 5) is 2.47. The average Bonchev–Trinajstić information content (AvgIpc) is 3.12. The van der Waals surface area contributed by atoms with E-state index in [0.29, 0.717) is 5.92 Å². The first kappa shape index (κ1) is 27.1. The smallest absolute Gasteiger partial charge is 0.00218 e. The summed E-state index contributed by atoms with van der Waals surface area (Å²) in [5.41, 5.74) is 10.0. The van der Waals surface area contributed by atoms with Crippen molar-refractivity contribution in [3.8, 4) is 11.1 Å². The monoisotopic (exact) mass is 491 g/mol. The summed E-state index contributed by atoms with van der Waals surface area (Å²) >= 11 is 0. The van der Waals surface area contributed by atoms with Crippen molar-refractivity contribution in [3.05, 3.63) is 113 Å². The minimum Gasteiger partial charge on any atom is -0.306 e. The number of nitrogens with zero attached hydrogens (tertiary/aromatic N) is 1. The summed E-state index contributed by atoms with van der Waals surface area (Å²) in [6.45, 7) is 6.97. The van der Waals surface area contributed by atoms with Crippen LogP contribution >= 0.6 is 0 Å². The molecule has 0 aromatic heterocycles. The van der Waals surface area contributed by atoms with E-state index < -0.39 is 0 Å². The third-order valence-corrected chi connectivity index (χ3v) is 7.82. The van der Waals surface area contributed by atoms with E-state index >= 15 is 0 Å². The lowest BCUT2D eigenvalue weighted by atomic mass is 9.85. The van der Waals surface area contributed by atoms with Crippen LogP contribution in [0.25, 0.3) is 16.7 Å². The van der Waals surface area contributed by atoms with E-state index in [0.717, 1.165) is 19.3 Å². The van der Waals surface area contributed by atoms with E-state index in [1.54, 1.807) is 11.1 Å². The van der Waals surface area contributed by atoms with Crippen LogP contribution in [0.2, 0.25) is 0 Å². The maximum atomic E-state index is 2.47. The Labute approximate surface area is 225 Å². The maximum Gasteiger partial charge on any atom is -0.00218 e. The molecule has 0 amide bonds. The molecule has 0 N–H and O–H groups in total. The summed E-state index contributed by atoms with van der Waals surface area (Å²) in [7, 11) is 2.26. The van der Waals surface area contributed by atoms with Crippen LogP contribution in [0.15, 0.2) is 96.6 Å². The first-order chi connectivity index (χ1) is 18.1. The Kier molecular flexibility index (Phi) is 10.4. The van der Waals surface area contributed by atoms with Gasteiger partial charge in [0.15, 0.2) is 0 Å². The van der Waals surface area contributed by atoms with Crippen LogP contribution < -0.4 is 0 Å². The molecular formula is C36H45N. The summed E-state index contributed by atoms with van der Waals surface area (Å²) in [6, 6.07) is 28.9.